The van der Waals surface area contributed by atoms with Gasteiger partial charge in [-0.3, -0.25) is 4.57 Å². The quantitative estimate of drug-likeness (QED) is 0.579. The highest BCUT2D eigenvalue weighted by Gasteiger charge is 2.22. The van der Waals surface area contributed by atoms with Crippen molar-refractivity contribution in [1.29, 1.82) is 5.26 Å². The van der Waals surface area contributed by atoms with Crippen molar-refractivity contribution in [3.63, 3.8) is 0 Å². The number of aromatic nitrogens is 2. The number of nitriles is 1. The van der Waals surface area contributed by atoms with E-state index in [4.69, 9.17) is 9.47 Å². The number of hydrogen-bond donors (Lipinski definition) is 0. The highest BCUT2D eigenvalue weighted by atomic mass is 19.1. The molecule has 0 N–H and O–H groups in total. The molecule has 3 aromatic rings. The Kier molecular flexibility index (Phi) is 6.08. The number of alkyl halides is 1. The van der Waals surface area contributed by atoms with Gasteiger partial charge in [-0.2, -0.15) is 10.2 Å². The minimum Gasteiger partial charge on any atom is -0.473 e. The lowest BCUT2D eigenvalue weighted by Gasteiger charge is -2.34. The molecule has 0 saturated heterocycles. The first kappa shape index (κ1) is 21.4. The molecule has 0 bridgehead atoms. The van der Waals surface area contributed by atoms with Crippen molar-refractivity contribution in [2.45, 2.75) is 39.2 Å². The van der Waals surface area contributed by atoms with E-state index in [2.05, 4.69) is 18.0 Å². The molecule has 1 aromatic heterocycles. The summed E-state index contributed by atoms with van der Waals surface area (Å²) in [6.07, 6.45) is 0.884. The maximum absolute atomic E-state index is 12.9. The van der Waals surface area contributed by atoms with Gasteiger partial charge in [0.1, 0.15) is 36.7 Å². The molecular formula is C24H23FN4O3. The van der Waals surface area contributed by atoms with Crippen LogP contribution in [0, 0.1) is 11.3 Å². The van der Waals surface area contributed by atoms with E-state index in [1.54, 1.807) is 53.1 Å². The van der Waals surface area contributed by atoms with Gasteiger partial charge in [0.15, 0.2) is 0 Å². The van der Waals surface area contributed by atoms with Crippen molar-refractivity contribution < 1.29 is 13.9 Å². The molecule has 0 saturated carbocycles. The summed E-state index contributed by atoms with van der Waals surface area (Å²) in [7, 11) is 1.94. The van der Waals surface area contributed by atoms with E-state index in [1.165, 1.54) is 0 Å². The molecular weight excluding hydrogens is 411 g/mol. The topological polar surface area (TPSA) is 80.4 Å². The second kappa shape index (κ2) is 9.10. The lowest BCUT2D eigenvalue weighted by molar-refractivity contribution is 0.289. The molecule has 0 unspecified atom stereocenters. The molecule has 2 aromatic carbocycles. The molecule has 1 aliphatic rings. The Labute approximate surface area is 185 Å². The summed E-state index contributed by atoms with van der Waals surface area (Å²) < 4.78 is 26.1. The summed E-state index contributed by atoms with van der Waals surface area (Å²) in [4.78, 5) is 18.4. The number of benzene rings is 2. The van der Waals surface area contributed by atoms with Crippen LogP contribution in [0.5, 0.6) is 17.4 Å². The van der Waals surface area contributed by atoms with Gasteiger partial charge in [0.05, 0.1) is 5.56 Å². The second-order valence-corrected chi connectivity index (χ2v) is 7.75. The number of nitrogens with zero attached hydrogens (tertiary/aromatic N) is 4. The minimum absolute atomic E-state index is 0.140. The molecule has 8 heteroatoms. The third-order valence-electron chi connectivity index (χ3n) is 5.59. The van der Waals surface area contributed by atoms with Gasteiger partial charge in [-0.25, -0.2) is 9.18 Å². The van der Waals surface area contributed by atoms with E-state index < -0.39 is 6.67 Å². The molecule has 32 heavy (non-hydrogen) atoms. The average Bonchev–Trinajstić information content (AvgIpc) is 2.81. The van der Waals surface area contributed by atoms with Crippen molar-refractivity contribution >= 4 is 5.82 Å². The first-order valence-corrected chi connectivity index (χ1v) is 10.3. The van der Waals surface area contributed by atoms with E-state index >= 15 is 0 Å². The fourth-order valence-electron chi connectivity index (χ4n) is 3.60. The zero-order valence-corrected chi connectivity index (χ0v) is 17.9. The lowest BCUT2D eigenvalue weighted by atomic mass is 10.1. The Hall–Kier alpha value is -3.86. The fraction of sp³-hybridized carbons (Fsp3) is 0.292. The van der Waals surface area contributed by atoms with Crippen molar-refractivity contribution in [3.05, 3.63) is 75.7 Å². The predicted octanol–water partition coefficient (Wildman–Crippen LogP) is 4.18. The number of fused-ring (bicyclic) bond motifs is 1. The Bertz CT molecular complexity index is 1230. The normalized spacial score (nSPS) is 15.1. The van der Waals surface area contributed by atoms with Crippen LogP contribution in [-0.4, -0.2) is 22.6 Å². The fourth-order valence-corrected chi connectivity index (χ4v) is 3.60. The number of rotatable bonds is 6. The van der Waals surface area contributed by atoms with Gasteiger partial charge in [-0.05, 0) is 48.7 Å². The van der Waals surface area contributed by atoms with Crippen LogP contribution in [0.1, 0.15) is 30.0 Å². The number of ether oxygens (including phenoxy) is 2. The Morgan fingerprint density at radius 3 is 2.84 bits per heavy atom. The van der Waals surface area contributed by atoms with Gasteiger partial charge in [0.2, 0.25) is 5.88 Å². The highest BCUT2D eigenvalue weighted by molar-refractivity contribution is 5.48. The number of hydrogen-bond acceptors (Lipinski definition) is 6. The average molecular weight is 434 g/mol. The van der Waals surface area contributed by atoms with Crippen LogP contribution < -0.4 is 20.1 Å². The third-order valence-corrected chi connectivity index (χ3v) is 5.59. The van der Waals surface area contributed by atoms with Crippen molar-refractivity contribution in [2.75, 3.05) is 11.9 Å². The van der Waals surface area contributed by atoms with E-state index in [9.17, 15) is 14.4 Å². The lowest BCUT2D eigenvalue weighted by Crippen LogP contribution is -2.41. The maximum Gasteiger partial charge on any atom is 0.352 e. The highest BCUT2D eigenvalue weighted by Crippen LogP contribution is 2.28. The monoisotopic (exact) mass is 434 g/mol. The van der Waals surface area contributed by atoms with Crippen LogP contribution in [0.4, 0.5) is 10.2 Å². The van der Waals surface area contributed by atoms with Crippen LogP contribution in [0.15, 0.2) is 53.3 Å². The van der Waals surface area contributed by atoms with Gasteiger partial charge < -0.3 is 14.4 Å². The van der Waals surface area contributed by atoms with E-state index in [0.717, 1.165) is 17.8 Å². The van der Waals surface area contributed by atoms with Crippen molar-refractivity contribution in [3.8, 4) is 23.4 Å². The molecule has 1 atom stereocenters. The summed E-state index contributed by atoms with van der Waals surface area (Å²) >= 11 is 0. The Morgan fingerprint density at radius 1 is 1.22 bits per heavy atom. The molecule has 164 valence electrons. The third kappa shape index (κ3) is 4.42. The van der Waals surface area contributed by atoms with Crippen molar-refractivity contribution in [1.82, 2.24) is 9.55 Å². The van der Waals surface area contributed by atoms with Gasteiger partial charge in [-0.1, -0.05) is 18.2 Å². The van der Waals surface area contributed by atoms with E-state index in [0.29, 0.717) is 35.2 Å². The molecule has 0 fully saturated rings. The summed E-state index contributed by atoms with van der Waals surface area (Å²) in [5.74, 6) is 1.84. The summed E-state index contributed by atoms with van der Waals surface area (Å²) in [5.41, 5.74) is 1.21. The first-order valence-electron chi connectivity index (χ1n) is 10.3. The van der Waals surface area contributed by atoms with Crippen LogP contribution in [0.3, 0.4) is 0 Å². The molecule has 2 heterocycles. The standard InChI is InChI=1S/C24H23FN4O3/c1-16-8-9-29-23(28(16)2)12-22(27-24(29)30)31-15-18-6-7-21(19(10-18)14-26)32-20-5-3-4-17(11-20)13-25/h3-7,10-12,16H,8-9,13,15H2,1-2H3/t16-/m0/s1. The van der Waals surface area contributed by atoms with Gasteiger partial charge in [-0.15, -0.1) is 0 Å². The molecule has 0 amide bonds. The van der Waals surface area contributed by atoms with Crippen LogP contribution in [-0.2, 0) is 19.8 Å². The van der Waals surface area contributed by atoms with Crippen molar-refractivity contribution in [2.24, 2.45) is 0 Å². The number of anilines is 1. The second-order valence-electron chi connectivity index (χ2n) is 7.75. The summed E-state index contributed by atoms with van der Waals surface area (Å²) in [6.45, 7) is 2.29. The zero-order chi connectivity index (χ0) is 22.7. The SMILES string of the molecule is C[C@H]1CCn2c(cc(OCc3ccc(Oc4cccc(CF)c4)c(C#N)c3)nc2=O)N1C. The summed E-state index contributed by atoms with van der Waals surface area (Å²) in [6, 6.07) is 16.0. The van der Waals surface area contributed by atoms with Gasteiger partial charge in [0, 0.05) is 25.7 Å². The maximum atomic E-state index is 12.9. The smallest absolute Gasteiger partial charge is 0.352 e. The Morgan fingerprint density at radius 2 is 2.06 bits per heavy atom. The number of halogens is 1. The van der Waals surface area contributed by atoms with Gasteiger partial charge >= 0.3 is 5.69 Å². The van der Waals surface area contributed by atoms with E-state index in [1.807, 2.05) is 11.9 Å². The molecule has 0 radical (unpaired) electrons. The van der Waals surface area contributed by atoms with Crippen LogP contribution in [0.25, 0.3) is 0 Å². The van der Waals surface area contributed by atoms with Crippen LogP contribution in [0.2, 0.25) is 0 Å². The predicted molar refractivity (Wildman–Crippen MR) is 118 cm³/mol. The Balaban J connectivity index is 1.50. The molecule has 1 aliphatic heterocycles. The van der Waals surface area contributed by atoms with E-state index in [-0.39, 0.29) is 18.2 Å². The molecule has 0 spiro atoms. The van der Waals surface area contributed by atoms with Crippen LogP contribution >= 0.6 is 0 Å². The molecule has 0 aliphatic carbocycles. The first-order chi connectivity index (χ1) is 15.5. The largest absolute Gasteiger partial charge is 0.473 e. The zero-order valence-electron chi connectivity index (χ0n) is 17.9. The molecule has 4 rings (SSSR count). The van der Waals surface area contributed by atoms with Gasteiger partial charge in [0.25, 0.3) is 0 Å². The molecule has 7 nitrogen and oxygen atoms in total. The minimum atomic E-state index is -0.590. The summed E-state index contributed by atoms with van der Waals surface area (Å²) in [5, 5.41) is 9.54.